The van der Waals surface area contributed by atoms with Crippen LogP contribution in [0.15, 0.2) is 30.6 Å². The molecule has 0 aliphatic heterocycles. The Morgan fingerprint density at radius 1 is 1.19 bits per heavy atom. The zero-order valence-electron chi connectivity index (χ0n) is 15.2. The lowest BCUT2D eigenvalue weighted by Gasteiger charge is -2.17. The number of hydrogen-bond acceptors (Lipinski definition) is 5. The Kier molecular flexibility index (Phi) is 3.50. The maximum absolute atomic E-state index is 4.89. The highest BCUT2D eigenvalue weighted by Crippen LogP contribution is 2.38. The summed E-state index contributed by atoms with van der Waals surface area (Å²) in [4.78, 5) is 14.2. The van der Waals surface area contributed by atoms with Crippen molar-refractivity contribution >= 4 is 32.9 Å². The van der Waals surface area contributed by atoms with E-state index >= 15 is 0 Å². The third-order valence-corrected chi connectivity index (χ3v) is 6.44. The molecule has 0 saturated carbocycles. The van der Waals surface area contributed by atoms with Crippen LogP contribution in [0.2, 0.25) is 0 Å². The fourth-order valence-corrected chi connectivity index (χ4v) is 5.12. The first-order valence-corrected chi connectivity index (χ1v) is 9.85. The third kappa shape index (κ3) is 2.40. The number of benzene rings is 1. The second-order valence-corrected chi connectivity index (χ2v) is 8.50. The minimum Gasteiger partial charge on any atom is -0.378 e. The summed E-state index contributed by atoms with van der Waals surface area (Å²) >= 11 is 1.83. The van der Waals surface area contributed by atoms with Crippen LogP contribution in [0, 0.1) is 5.92 Å². The summed E-state index contributed by atoms with van der Waals surface area (Å²) in [5.41, 5.74) is 4.59. The van der Waals surface area contributed by atoms with E-state index < -0.39 is 0 Å². The first kappa shape index (κ1) is 15.8. The molecule has 1 aromatic carbocycles. The summed E-state index contributed by atoms with van der Waals surface area (Å²) in [6.45, 7) is 2.34. The predicted molar refractivity (Wildman–Crippen MR) is 107 cm³/mol. The summed E-state index contributed by atoms with van der Waals surface area (Å²) in [6, 6.07) is 8.37. The molecular weight excluding hydrogens is 342 g/mol. The second kappa shape index (κ2) is 5.77. The van der Waals surface area contributed by atoms with Gasteiger partial charge in [0.2, 0.25) is 0 Å². The molecule has 26 heavy (non-hydrogen) atoms. The molecule has 0 fully saturated rings. The van der Waals surface area contributed by atoms with Crippen molar-refractivity contribution in [2.45, 2.75) is 26.2 Å². The first-order chi connectivity index (χ1) is 12.6. The van der Waals surface area contributed by atoms with E-state index in [1.165, 1.54) is 27.9 Å². The van der Waals surface area contributed by atoms with Crippen molar-refractivity contribution in [1.29, 1.82) is 0 Å². The van der Waals surface area contributed by atoms with Crippen LogP contribution in [-0.4, -0.2) is 33.7 Å². The molecular formula is C20H21N5S. The summed E-state index contributed by atoms with van der Waals surface area (Å²) in [5, 5.41) is 5.90. The predicted octanol–water partition coefficient (Wildman–Crippen LogP) is 4.20. The lowest BCUT2D eigenvalue weighted by molar-refractivity contribution is 0.509. The van der Waals surface area contributed by atoms with Crippen LogP contribution in [0.1, 0.15) is 23.8 Å². The van der Waals surface area contributed by atoms with E-state index in [1.54, 1.807) is 6.33 Å². The van der Waals surface area contributed by atoms with E-state index in [1.807, 2.05) is 29.9 Å². The summed E-state index contributed by atoms with van der Waals surface area (Å²) < 4.78 is 1.84. The Bertz CT molecular complexity index is 1110. The average molecular weight is 363 g/mol. The number of aryl methyl sites for hydroxylation is 1. The Balaban J connectivity index is 1.66. The Morgan fingerprint density at radius 2 is 2.00 bits per heavy atom. The van der Waals surface area contributed by atoms with Gasteiger partial charge in [-0.15, -0.1) is 16.4 Å². The van der Waals surface area contributed by atoms with Gasteiger partial charge in [-0.1, -0.05) is 6.92 Å². The standard InChI is InChI=1S/C20H21N5S/c1-12-4-9-15-16(10-12)26-20-17(15)19-22-18(23-25(19)11-21-20)13-5-7-14(8-6-13)24(2)3/h5-8,11-12H,4,9-10H2,1-3H3/t12-/m0/s1. The molecule has 0 spiro atoms. The van der Waals surface area contributed by atoms with Gasteiger partial charge in [-0.3, -0.25) is 0 Å². The van der Waals surface area contributed by atoms with Gasteiger partial charge in [-0.05, 0) is 55.0 Å². The molecule has 0 amide bonds. The summed E-state index contributed by atoms with van der Waals surface area (Å²) in [7, 11) is 4.09. The number of rotatable bonds is 2. The van der Waals surface area contributed by atoms with Crippen LogP contribution in [0.25, 0.3) is 27.3 Å². The van der Waals surface area contributed by atoms with Crippen LogP contribution in [0.5, 0.6) is 0 Å². The highest BCUT2D eigenvalue weighted by atomic mass is 32.1. The zero-order chi connectivity index (χ0) is 17.8. The van der Waals surface area contributed by atoms with E-state index in [9.17, 15) is 0 Å². The number of aromatic nitrogens is 4. The van der Waals surface area contributed by atoms with Crippen LogP contribution < -0.4 is 4.90 Å². The molecule has 1 atom stereocenters. The minimum atomic E-state index is 0.758. The fraction of sp³-hybridized carbons (Fsp3) is 0.350. The van der Waals surface area contributed by atoms with Gasteiger partial charge in [0.15, 0.2) is 11.5 Å². The highest BCUT2D eigenvalue weighted by Gasteiger charge is 2.23. The van der Waals surface area contributed by atoms with Gasteiger partial charge in [0, 0.05) is 30.2 Å². The normalized spacial score (nSPS) is 17.0. The molecule has 0 radical (unpaired) electrons. The Labute approximate surface area is 156 Å². The minimum absolute atomic E-state index is 0.758. The van der Waals surface area contributed by atoms with E-state index in [-0.39, 0.29) is 0 Å². The molecule has 1 aliphatic rings. The molecule has 5 nitrogen and oxygen atoms in total. The van der Waals surface area contributed by atoms with Crippen molar-refractivity contribution in [2.24, 2.45) is 5.92 Å². The van der Waals surface area contributed by atoms with Gasteiger partial charge in [0.05, 0.1) is 5.39 Å². The van der Waals surface area contributed by atoms with E-state index in [0.717, 1.165) is 40.6 Å². The number of anilines is 1. The van der Waals surface area contributed by atoms with E-state index in [2.05, 4.69) is 46.2 Å². The van der Waals surface area contributed by atoms with Crippen molar-refractivity contribution in [2.75, 3.05) is 19.0 Å². The number of fused-ring (bicyclic) bond motifs is 5. The molecule has 5 rings (SSSR count). The van der Waals surface area contributed by atoms with Gasteiger partial charge in [0.25, 0.3) is 0 Å². The highest BCUT2D eigenvalue weighted by molar-refractivity contribution is 7.19. The van der Waals surface area contributed by atoms with Crippen LogP contribution in [0.3, 0.4) is 0 Å². The molecule has 0 saturated heterocycles. The number of thiophene rings is 1. The molecule has 6 heteroatoms. The zero-order valence-corrected chi connectivity index (χ0v) is 16.0. The first-order valence-electron chi connectivity index (χ1n) is 9.03. The maximum Gasteiger partial charge on any atom is 0.182 e. The Hall–Kier alpha value is -2.47. The lowest BCUT2D eigenvalue weighted by atomic mass is 9.89. The number of nitrogens with zero attached hydrogens (tertiary/aromatic N) is 5. The van der Waals surface area contributed by atoms with Crippen molar-refractivity contribution in [3.05, 3.63) is 41.0 Å². The fourth-order valence-electron chi connectivity index (χ4n) is 3.77. The molecule has 0 unspecified atom stereocenters. The summed E-state index contributed by atoms with van der Waals surface area (Å²) in [6.07, 6.45) is 5.33. The number of hydrogen-bond donors (Lipinski definition) is 0. The molecule has 1 aliphatic carbocycles. The molecule has 0 N–H and O–H groups in total. The quantitative estimate of drug-likeness (QED) is 0.535. The largest absolute Gasteiger partial charge is 0.378 e. The smallest absolute Gasteiger partial charge is 0.182 e. The van der Waals surface area contributed by atoms with Crippen LogP contribution >= 0.6 is 11.3 Å². The average Bonchev–Trinajstić information content (AvgIpc) is 3.21. The second-order valence-electron chi connectivity index (χ2n) is 7.42. The van der Waals surface area contributed by atoms with Crippen LogP contribution in [0.4, 0.5) is 5.69 Å². The summed E-state index contributed by atoms with van der Waals surface area (Å²) in [5.74, 6) is 1.52. The van der Waals surface area contributed by atoms with E-state index in [4.69, 9.17) is 4.98 Å². The molecule has 3 aromatic heterocycles. The SMILES string of the molecule is C[C@H]1CCc2c(sc3ncn4nc(-c5ccc(N(C)C)cc5)nc4c23)C1. The Morgan fingerprint density at radius 3 is 2.77 bits per heavy atom. The van der Waals surface area contributed by atoms with E-state index in [0.29, 0.717) is 0 Å². The van der Waals surface area contributed by atoms with Crippen molar-refractivity contribution in [1.82, 2.24) is 19.6 Å². The van der Waals surface area contributed by atoms with Gasteiger partial charge in [-0.2, -0.15) is 0 Å². The molecule has 0 bridgehead atoms. The topological polar surface area (TPSA) is 46.3 Å². The van der Waals surface area contributed by atoms with Crippen molar-refractivity contribution in [3.8, 4) is 11.4 Å². The van der Waals surface area contributed by atoms with Gasteiger partial charge >= 0.3 is 0 Å². The van der Waals surface area contributed by atoms with Gasteiger partial charge in [-0.25, -0.2) is 14.5 Å². The van der Waals surface area contributed by atoms with Crippen molar-refractivity contribution in [3.63, 3.8) is 0 Å². The molecule has 3 heterocycles. The molecule has 132 valence electrons. The van der Waals surface area contributed by atoms with Crippen LogP contribution in [-0.2, 0) is 12.8 Å². The monoisotopic (exact) mass is 363 g/mol. The third-order valence-electron chi connectivity index (χ3n) is 5.27. The van der Waals surface area contributed by atoms with Crippen molar-refractivity contribution < 1.29 is 0 Å². The lowest BCUT2D eigenvalue weighted by Crippen LogP contribution is -2.08. The van der Waals surface area contributed by atoms with Gasteiger partial charge in [0.1, 0.15) is 11.2 Å². The van der Waals surface area contributed by atoms with Gasteiger partial charge < -0.3 is 4.90 Å². The maximum atomic E-state index is 4.89. The molecule has 4 aromatic rings.